The van der Waals surface area contributed by atoms with Crippen LogP contribution in [0.5, 0.6) is 0 Å². The predicted molar refractivity (Wildman–Crippen MR) is 87.5 cm³/mol. The maximum atomic E-state index is 6.07. The third-order valence-electron chi connectivity index (χ3n) is 3.41. The molecule has 0 radical (unpaired) electrons. The number of hydrogen-bond donors (Lipinski definition) is 1. The summed E-state index contributed by atoms with van der Waals surface area (Å²) in [5.74, 6) is 1.77. The highest BCUT2D eigenvalue weighted by Gasteiger charge is 2.14. The van der Waals surface area contributed by atoms with Crippen LogP contribution in [-0.2, 0) is 12.8 Å². The summed E-state index contributed by atoms with van der Waals surface area (Å²) in [5.41, 5.74) is 8.52. The third-order valence-corrected chi connectivity index (χ3v) is 3.84. The third kappa shape index (κ3) is 2.40. The molecule has 0 atom stereocenters. The Balaban J connectivity index is 2.30. The average molecular weight is 346 g/mol. The van der Waals surface area contributed by atoms with Gasteiger partial charge in [-0.05, 0) is 34.1 Å². The molecule has 0 saturated heterocycles. The zero-order chi connectivity index (χ0) is 15.0. The number of fused-ring (bicyclic) bond motifs is 1. The largest absolute Gasteiger partial charge is 0.398 e. The van der Waals surface area contributed by atoms with Gasteiger partial charge in [0.05, 0.1) is 11.2 Å². The number of rotatable bonds is 3. The van der Waals surface area contributed by atoms with Gasteiger partial charge in [-0.3, -0.25) is 4.98 Å². The monoisotopic (exact) mass is 345 g/mol. The maximum absolute atomic E-state index is 6.07. The Bertz CT molecular complexity index is 809. The Morgan fingerprint density at radius 2 is 2.05 bits per heavy atom. The molecule has 0 bridgehead atoms. The topological polar surface area (TPSA) is 69.6 Å². The van der Waals surface area contributed by atoms with E-state index < -0.39 is 0 Å². The van der Waals surface area contributed by atoms with Crippen molar-refractivity contribution in [3.8, 4) is 5.69 Å². The quantitative estimate of drug-likeness (QED) is 0.739. The highest BCUT2D eigenvalue weighted by Crippen LogP contribution is 2.28. The molecule has 0 spiro atoms. The molecule has 2 N–H and O–H groups in total. The highest BCUT2D eigenvalue weighted by atomic mass is 79.9. The van der Waals surface area contributed by atoms with Crippen LogP contribution in [0, 0.1) is 0 Å². The molecule has 0 aliphatic heterocycles. The second-order valence-electron chi connectivity index (χ2n) is 4.79. The Kier molecular flexibility index (Phi) is 3.63. The number of aromatic nitrogens is 4. The Labute approximate surface area is 131 Å². The van der Waals surface area contributed by atoms with Gasteiger partial charge in [0.15, 0.2) is 5.82 Å². The van der Waals surface area contributed by atoms with Crippen molar-refractivity contribution in [3.05, 3.63) is 40.5 Å². The van der Waals surface area contributed by atoms with E-state index in [1.54, 1.807) is 6.20 Å². The molecule has 0 saturated carbocycles. The minimum atomic E-state index is 0.705. The second-order valence-corrected chi connectivity index (χ2v) is 5.70. The molecule has 1 aromatic carbocycles. The fourth-order valence-corrected chi connectivity index (χ4v) is 2.67. The molecule has 5 nitrogen and oxygen atoms in total. The van der Waals surface area contributed by atoms with Gasteiger partial charge in [-0.2, -0.15) is 5.10 Å². The molecule has 2 heterocycles. The SMILES string of the molecule is CCc1nc(CC)n(-c2ccc(N)c3cc(Br)cnc23)n1. The minimum Gasteiger partial charge on any atom is -0.398 e. The van der Waals surface area contributed by atoms with Crippen molar-refractivity contribution in [2.75, 3.05) is 5.73 Å². The van der Waals surface area contributed by atoms with Gasteiger partial charge in [0.2, 0.25) is 0 Å². The summed E-state index contributed by atoms with van der Waals surface area (Å²) in [5, 5.41) is 5.50. The Morgan fingerprint density at radius 1 is 1.24 bits per heavy atom. The van der Waals surface area contributed by atoms with Gasteiger partial charge < -0.3 is 5.73 Å². The molecule has 0 unspecified atom stereocenters. The molecule has 0 aliphatic rings. The number of nitrogen functional groups attached to an aromatic ring is 1. The van der Waals surface area contributed by atoms with Crippen molar-refractivity contribution < 1.29 is 0 Å². The molecule has 108 valence electrons. The van der Waals surface area contributed by atoms with Crippen molar-refractivity contribution in [2.24, 2.45) is 0 Å². The minimum absolute atomic E-state index is 0.705. The number of hydrogen-bond acceptors (Lipinski definition) is 4. The van der Waals surface area contributed by atoms with Crippen molar-refractivity contribution >= 4 is 32.5 Å². The van der Waals surface area contributed by atoms with Crippen LogP contribution in [0.25, 0.3) is 16.6 Å². The van der Waals surface area contributed by atoms with Crippen LogP contribution >= 0.6 is 15.9 Å². The highest BCUT2D eigenvalue weighted by molar-refractivity contribution is 9.10. The van der Waals surface area contributed by atoms with Gasteiger partial charge in [0.1, 0.15) is 5.82 Å². The van der Waals surface area contributed by atoms with Gasteiger partial charge >= 0.3 is 0 Å². The molecular weight excluding hydrogens is 330 g/mol. The van der Waals surface area contributed by atoms with E-state index in [0.29, 0.717) is 5.69 Å². The van der Waals surface area contributed by atoms with Crippen molar-refractivity contribution in [3.63, 3.8) is 0 Å². The molecule has 2 aromatic heterocycles. The summed E-state index contributed by atoms with van der Waals surface area (Å²) in [4.78, 5) is 9.07. The van der Waals surface area contributed by atoms with E-state index >= 15 is 0 Å². The van der Waals surface area contributed by atoms with Gasteiger partial charge in [-0.1, -0.05) is 13.8 Å². The second kappa shape index (κ2) is 5.44. The van der Waals surface area contributed by atoms with Crippen LogP contribution in [0.2, 0.25) is 0 Å². The number of pyridine rings is 1. The van der Waals surface area contributed by atoms with Crippen LogP contribution < -0.4 is 5.73 Å². The number of benzene rings is 1. The van der Waals surface area contributed by atoms with Crippen LogP contribution in [0.4, 0.5) is 5.69 Å². The maximum Gasteiger partial charge on any atom is 0.151 e. The zero-order valence-corrected chi connectivity index (χ0v) is 13.6. The summed E-state index contributed by atoms with van der Waals surface area (Å²) in [7, 11) is 0. The summed E-state index contributed by atoms with van der Waals surface area (Å²) in [6.45, 7) is 4.12. The van der Waals surface area contributed by atoms with E-state index in [0.717, 1.165) is 45.6 Å². The van der Waals surface area contributed by atoms with E-state index in [1.165, 1.54) is 0 Å². The van der Waals surface area contributed by atoms with E-state index in [4.69, 9.17) is 5.73 Å². The lowest BCUT2D eigenvalue weighted by atomic mass is 10.1. The fourth-order valence-electron chi connectivity index (χ4n) is 2.34. The first-order valence-electron chi connectivity index (χ1n) is 6.93. The number of nitrogens with zero attached hydrogens (tertiary/aromatic N) is 4. The first kappa shape index (κ1) is 14.0. The van der Waals surface area contributed by atoms with Crippen LogP contribution in [0.15, 0.2) is 28.9 Å². The molecule has 21 heavy (non-hydrogen) atoms. The van der Waals surface area contributed by atoms with Gasteiger partial charge in [0, 0.05) is 34.6 Å². The van der Waals surface area contributed by atoms with E-state index in [9.17, 15) is 0 Å². The summed E-state index contributed by atoms with van der Waals surface area (Å²) in [6, 6.07) is 5.81. The lowest BCUT2D eigenvalue weighted by molar-refractivity contribution is 0.794. The number of halogens is 1. The first-order valence-corrected chi connectivity index (χ1v) is 7.72. The number of anilines is 1. The molecular formula is C15H16BrN5. The molecule has 3 aromatic rings. The standard InChI is InChI=1S/C15H16BrN5/c1-3-13-19-14(4-2)21(20-13)12-6-5-11(17)10-7-9(16)8-18-15(10)12/h5-8H,3-4,17H2,1-2H3. The number of aryl methyl sites for hydroxylation is 2. The fraction of sp³-hybridized carbons (Fsp3) is 0.267. The smallest absolute Gasteiger partial charge is 0.151 e. The van der Waals surface area contributed by atoms with Crippen molar-refractivity contribution in [2.45, 2.75) is 26.7 Å². The Morgan fingerprint density at radius 3 is 2.76 bits per heavy atom. The predicted octanol–water partition coefficient (Wildman–Crippen LogP) is 3.29. The van der Waals surface area contributed by atoms with E-state index in [1.807, 2.05) is 22.9 Å². The molecule has 0 aliphatic carbocycles. The first-order chi connectivity index (χ1) is 10.1. The Hall–Kier alpha value is -1.95. The summed E-state index contributed by atoms with van der Waals surface area (Å²) >= 11 is 3.44. The average Bonchev–Trinajstić information content (AvgIpc) is 2.91. The lowest BCUT2D eigenvalue weighted by Gasteiger charge is -2.10. The summed E-state index contributed by atoms with van der Waals surface area (Å²) in [6.07, 6.45) is 3.40. The van der Waals surface area contributed by atoms with Crippen LogP contribution in [0.1, 0.15) is 25.5 Å². The van der Waals surface area contributed by atoms with Crippen molar-refractivity contribution in [1.82, 2.24) is 19.7 Å². The normalized spacial score (nSPS) is 11.2. The molecule has 6 heteroatoms. The van der Waals surface area contributed by atoms with Crippen LogP contribution in [0.3, 0.4) is 0 Å². The molecule has 0 fully saturated rings. The van der Waals surface area contributed by atoms with E-state index in [-0.39, 0.29) is 0 Å². The van der Waals surface area contributed by atoms with Crippen LogP contribution in [-0.4, -0.2) is 19.7 Å². The van der Waals surface area contributed by atoms with Crippen molar-refractivity contribution in [1.29, 1.82) is 0 Å². The molecule has 3 rings (SSSR count). The molecule has 0 amide bonds. The summed E-state index contributed by atoms with van der Waals surface area (Å²) < 4.78 is 2.78. The number of nitrogens with two attached hydrogens (primary N) is 1. The van der Waals surface area contributed by atoms with Gasteiger partial charge in [-0.25, -0.2) is 9.67 Å². The zero-order valence-electron chi connectivity index (χ0n) is 12.0. The lowest BCUT2D eigenvalue weighted by Crippen LogP contribution is -2.04. The van der Waals surface area contributed by atoms with Gasteiger partial charge in [-0.15, -0.1) is 0 Å². The van der Waals surface area contributed by atoms with E-state index in [2.05, 4.69) is 44.8 Å². The van der Waals surface area contributed by atoms with Gasteiger partial charge in [0.25, 0.3) is 0 Å².